The summed E-state index contributed by atoms with van der Waals surface area (Å²) < 4.78 is 5.15. The van der Waals surface area contributed by atoms with Gasteiger partial charge in [-0.25, -0.2) is 4.79 Å². The fourth-order valence-electron chi connectivity index (χ4n) is 2.17. The van der Waals surface area contributed by atoms with E-state index >= 15 is 0 Å². The van der Waals surface area contributed by atoms with Gasteiger partial charge in [-0.3, -0.25) is 4.79 Å². The molecule has 6 heteroatoms. The van der Waals surface area contributed by atoms with Gasteiger partial charge in [-0.15, -0.1) is 0 Å². The predicted molar refractivity (Wildman–Crippen MR) is 79.0 cm³/mol. The van der Waals surface area contributed by atoms with Gasteiger partial charge in [-0.2, -0.15) is 0 Å². The van der Waals surface area contributed by atoms with E-state index in [1.54, 1.807) is 30.3 Å². The molecule has 1 saturated heterocycles. The minimum absolute atomic E-state index is 0.263. The number of rotatable bonds is 4. The maximum atomic E-state index is 11.9. The maximum absolute atomic E-state index is 11.9. The molecule has 112 valence electrons. The number of carboxylic acid groups (broad SMARTS) is 1. The van der Waals surface area contributed by atoms with Gasteiger partial charge in [-0.05, 0) is 23.8 Å². The van der Waals surface area contributed by atoms with E-state index in [9.17, 15) is 14.7 Å². The van der Waals surface area contributed by atoms with Gasteiger partial charge in [0.05, 0.1) is 0 Å². The molecule has 0 aromatic heterocycles. The van der Waals surface area contributed by atoms with Gasteiger partial charge in [0.25, 0.3) is 0 Å². The Kier molecular flexibility index (Phi) is 4.98. The summed E-state index contributed by atoms with van der Waals surface area (Å²) in [5.74, 6) is -1.48. The van der Waals surface area contributed by atoms with Crippen LogP contribution < -0.4 is 5.32 Å². The smallest absolute Gasteiger partial charge is 0.329 e. The van der Waals surface area contributed by atoms with Crippen LogP contribution in [0.2, 0.25) is 5.02 Å². The topological polar surface area (TPSA) is 75.6 Å². The summed E-state index contributed by atoms with van der Waals surface area (Å²) in [4.78, 5) is 23.4. The number of carboxylic acids is 1. The second kappa shape index (κ2) is 6.74. The number of carbonyl (C=O) groups excluding carboxylic acids is 1. The molecular formula is C15H16ClNO4. The maximum Gasteiger partial charge on any atom is 0.329 e. The van der Waals surface area contributed by atoms with Crippen molar-refractivity contribution < 1.29 is 19.4 Å². The monoisotopic (exact) mass is 309 g/mol. The zero-order valence-electron chi connectivity index (χ0n) is 11.3. The molecule has 0 saturated carbocycles. The highest BCUT2D eigenvalue weighted by atomic mass is 35.5. The van der Waals surface area contributed by atoms with E-state index in [-0.39, 0.29) is 12.8 Å². The van der Waals surface area contributed by atoms with Crippen LogP contribution in [0.4, 0.5) is 0 Å². The molecule has 5 nitrogen and oxygen atoms in total. The zero-order chi connectivity index (χ0) is 15.3. The molecule has 2 N–H and O–H groups in total. The Labute approximate surface area is 127 Å². The van der Waals surface area contributed by atoms with Gasteiger partial charge in [0.1, 0.15) is 5.54 Å². The second-order valence-electron chi connectivity index (χ2n) is 4.88. The molecule has 0 radical (unpaired) electrons. The highest BCUT2D eigenvalue weighted by Crippen LogP contribution is 2.21. The summed E-state index contributed by atoms with van der Waals surface area (Å²) in [6.07, 6.45) is 3.43. The predicted octanol–water partition coefficient (Wildman–Crippen LogP) is 2.10. The number of aliphatic carboxylic acids is 1. The summed E-state index contributed by atoms with van der Waals surface area (Å²) in [6.45, 7) is 0.648. The van der Waals surface area contributed by atoms with Crippen molar-refractivity contribution in [2.75, 3.05) is 13.2 Å². The minimum Gasteiger partial charge on any atom is -0.480 e. The normalized spacial score (nSPS) is 17.6. The Hall–Kier alpha value is -1.85. The Balaban J connectivity index is 2.04. The van der Waals surface area contributed by atoms with E-state index in [1.165, 1.54) is 6.08 Å². The number of amides is 1. The van der Waals surface area contributed by atoms with Crippen molar-refractivity contribution in [3.63, 3.8) is 0 Å². The van der Waals surface area contributed by atoms with Gasteiger partial charge >= 0.3 is 5.97 Å². The van der Waals surface area contributed by atoms with E-state index in [1.807, 2.05) is 0 Å². The van der Waals surface area contributed by atoms with Crippen molar-refractivity contribution in [3.05, 3.63) is 40.9 Å². The van der Waals surface area contributed by atoms with Gasteiger partial charge in [0.15, 0.2) is 0 Å². The van der Waals surface area contributed by atoms with Crippen molar-refractivity contribution in [1.82, 2.24) is 5.32 Å². The van der Waals surface area contributed by atoms with Crippen LogP contribution in [-0.4, -0.2) is 35.7 Å². The van der Waals surface area contributed by atoms with Crippen LogP contribution in [-0.2, 0) is 14.3 Å². The number of hydrogen-bond acceptors (Lipinski definition) is 3. The van der Waals surface area contributed by atoms with E-state index in [0.29, 0.717) is 18.2 Å². The Bertz CT molecular complexity index is 565. The molecule has 0 spiro atoms. The van der Waals surface area contributed by atoms with Crippen LogP contribution in [0.5, 0.6) is 0 Å². The summed E-state index contributed by atoms with van der Waals surface area (Å²) >= 11 is 5.85. The number of nitrogens with one attached hydrogen (secondary N) is 1. The lowest BCUT2D eigenvalue weighted by atomic mass is 9.90. The molecule has 0 aliphatic carbocycles. The molecule has 0 unspecified atom stereocenters. The van der Waals surface area contributed by atoms with Crippen molar-refractivity contribution in [2.45, 2.75) is 18.4 Å². The Morgan fingerprint density at radius 1 is 1.33 bits per heavy atom. The lowest BCUT2D eigenvalue weighted by Crippen LogP contribution is -2.57. The standard InChI is InChI=1S/C15H16ClNO4/c16-12-3-1-2-11(10-12)4-5-13(18)17-15(14(19)20)6-8-21-9-7-15/h1-5,10H,6-9H2,(H,17,18)(H,19,20)/b5-4+. The summed E-state index contributed by atoms with van der Waals surface area (Å²) in [5.41, 5.74) is -0.470. The number of carbonyl (C=O) groups is 2. The zero-order valence-corrected chi connectivity index (χ0v) is 12.1. The molecule has 1 fully saturated rings. The van der Waals surface area contributed by atoms with E-state index < -0.39 is 17.4 Å². The molecule has 21 heavy (non-hydrogen) atoms. The number of halogens is 1. The summed E-state index contributed by atoms with van der Waals surface area (Å²) in [6, 6.07) is 7.03. The lowest BCUT2D eigenvalue weighted by molar-refractivity contribution is -0.151. The average molecular weight is 310 g/mol. The number of benzene rings is 1. The summed E-state index contributed by atoms with van der Waals surface area (Å²) in [7, 11) is 0. The van der Waals surface area contributed by atoms with Gasteiger partial charge < -0.3 is 15.2 Å². The fraction of sp³-hybridized carbons (Fsp3) is 0.333. The SMILES string of the molecule is O=C(/C=C/c1cccc(Cl)c1)NC1(C(=O)O)CCOCC1. The molecule has 2 rings (SSSR count). The number of hydrogen-bond donors (Lipinski definition) is 2. The van der Waals surface area contributed by atoms with Crippen LogP contribution in [0, 0.1) is 0 Å². The highest BCUT2D eigenvalue weighted by Gasteiger charge is 2.41. The first kappa shape index (κ1) is 15.5. The third-order valence-electron chi connectivity index (χ3n) is 3.39. The van der Waals surface area contributed by atoms with E-state index in [4.69, 9.17) is 16.3 Å². The van der Waals surface area contributed by atoms with E-state index in [2.05, 4.69) is 5.32 Å². The van der Waals surface area contributed by atoms with Crippen molar-refractivity contribution >= 4 is 29.6 Å². The van der Waals surface area contributed by atoms with Crippen LogP contribution in [0.25, 0.3) is 6.08 Å². The first-order valence-electron chi connectivity index (χ1n) is 6.59. The number of ether oxygens (including phenoxy) is 1. The molecule has 1 heterocycles. The molecular weight excluding hydrogens is 294 g/mol. The van der Waals surface area contributed by atoms with Crippen molar-refractivity contribution in [1.29, 1.82) is 0 Å². The quantitative estimate of drug-likeness (QED) is 0.835. The second-order valence-corrected chi connectivity index (χ2v) is 5.31. The third-order valence-corrected chi connectivity index (χ3v) is 3.63. The molecule has 0 bridgehead atoms. The first-order valence-corrected chi connectivity index (χ1v) is 6.97. The summed E-state index contributed by atoms with van der Waals surface area (Å²) in [5, 5.41) is 12.5. The van der Waals surface area contributed by atoms with Crippen molar-refractivity contribution in [2.24, 2.45) is 0 Å². The van der Waals surface area contributed by atoms with Crippen LogP contribution in [0.15, 0.2) is 30.3 Å². The molecule has 1 amide bonds. The molecule has 1 aliphatic rings. The fourth-order valence-corrected chi connectivity index (χ4v) is 2.37. The Morgan fingerprint density at radius 2 is 2.05 bits per heavy atom. The lowest BCUT2D eigenvalue weighted by Gasteiger charge is -2.33. The van der Waals surface area contributed by atoms with Crippen molar-refractivity contribution in [3.8, 4) is 0 Å². The first-order chi connectivity index (χ1) is 10.0. The average Bonchev–Trinajstić information content (AvgIpc) is 2.46. The third kappa shape index (κ3) is 4.06. The largest absolute Gasteiger partial charge is 0.480 e. The minimum atomic E-state index is -1.24. The molecule has 1 aromatic rings. The molecule has 1 aromatic carbocycles. The van der Waals surface area contributed by atoms with Crippen LogP contribution in [0.3, 0.4) is 0 Å². The van der Waals surface area contributed by atoms with Gasteiger partial charge in [0.2, 0.25) is 5.91 Å². The van der Waals surface area contributed by atoms with Crippen LogP contribution in [0.1, 0.15) is 18.4 Å². The van der Waals surface area contributed by atoms with Gasteiger partial charge in [-0.1, -0.05) is 23.7 Å². The molecule has 1 aliphatic heterocycles. The van der Waals surface area contributed by atoms with Crippen LogP contribution >= 0.6 is 11.6 Å². The van der Waals surface area contributed by atoms with Gasteiger partial charge in [0, 0.05) is 37.2 Å². The highest BCUT2D eigenvalue weighted by molar-refractivity contribution is 6.30. The van der Waals surface area contributed by atoms with E-state index in [0.717, 1.165) is 5.56 Å². The molecule has 0 atom stereocenters. The Morgan fingerprint density at radius 3 is 2.67 bits per heavy atom.